The molecule has 50 heavy (non-hydrogen) atoms. The third-order valence-electron chi connectivity index (χ3n) is 10.3. The molecule has 0 aliphatic heterocycles. The lowest BCUT2D eigenvalue weighted by atomic mass is 9.67. The second-order valence-electron chi connectivity index (χ2n) is 15.0. The van der Waals surface area contributed by atoms with Crippen molar-refractivity contribution in [3.8, 4) is 34.1 Å². The van der Waals surface area contributed by atoms with Gasteiger partial charge in [0.05, 0.1) is 5.56 Å². The minimum Gasteiger partial charge on any atom is -0.508 e. The Bertz CT molecular complexity index is 1670. The Labute approximate surface area is 299 Å². The maximum absolute atomic E-state index is 13.7. The van der Waals surface area contributed by atoms with E-state index in [0.717, 1.165) is 92.0 Å². The van der Waals surface area contributed by atoms with Gasteiger partial charge in [-0.2, -0.15) is 0 Å². The number of carbonyl (C=O) groups excluding carboxylic acids is 2. The summed E-state index contributed by atoms with van der Waals surface area (Å²) in [7, 11) is 0. The number of benzene rings is 3. The molecule has 2 N–H and O–H groups in total. The standard InChI is InChI=1S/C44H58O6/c1-9-11-13-15-31-23-37(45)41(35-21-29(7)17-19-33(35)27(3)4)39(25-31)49-43(47)44(48)50-40-26-32(16-14-12-10-2)24-38(46)42(40)36-22-30(8)18-20-34(36)28(5)6/h17,19,21,23-26,28,30,34,36,45-46H,3,9-16,18,20,22H2,1-2,4-8H3/t30-,34+,36-/m1/s1. The lowest BCUT2D eigenvalue weighted by Crippen LogP contribution is -2.29. The van der Waals surface area contributed by atoms with Crippen molar-refractivity contribution in [2.24, 2.45) is 17.8 Å². The molecule has 0 spiro atoms. The van der Waals surface area contributed by atoms with Crippen LogP contribution in [-0.4, -0.2) is 22.2 Å². The van der Waals surface area contributed by atoms with Crippen LogP contribution in [-0.2, 0) is 22.4 Å². The molecular weight excluding hydrogens is 624 g/mol. The smallest absolute Gasteiger partial charge is 0.423 e. The fourth-order valence-corrected chi connectivity index (χ4v) is 7.63. The predicted octanol–water partition coefficient (Wildman–Crippen LogP) is 11.3. The minimum absolute atomic E-state index is 0.0208. The molecule has 3 aromatic rings. The molecule has 0 heterocycles. The highest BCUT2D eigenvalue weighted by Gasteiger charge is 2.36. The Morgan fingerprint density at radius 2 is 1.42 bits per heavy atom. The van der Waals surface area contributed by atoms with Gasteiger partial charge in [-0.15, -0.1) is 0 Å². The zero-order valence-corrected chi connectivity index (χ0v) is 31.4. The number of aryl methyl sites for hydroxylation is 3. The number of hydrogen-bond donors (Lipinski definition) is 2. The summed E-state index contributed by atoms with van der Waals surface area (Å²) in [4.78, 5) is 27.4. The fraction of sp³-hybridized carbons (Fsp3) is 0.500. The van der Waals surface area contributed by atoms with Crippen molar-refractivity contribution in [1.82, 2.24) is 0 Å². The van der Waals surface area contributed by atoms with Crippen molar-refractivity contribution in [2.75, 3.05) is 0 Å². The van der Waals surface area contributed by atoms with Gasteiger partial charge < -0.3 is 19.7 Å². The summed E-state index contributed by atoms with van der Waals surface area (Å²) < 4.78 is 11.8. The molecule has 270 valence electrons. The third kappa shape index (κ3) is 9.58. The minimum atomic E-state index is -1.19. The number of ether oxygens (including phenoxy) is 2. The van der Waals surface area contributed by atoms with E-state index >= 15 is 0 Å². The first-order valence-corrected chi connectivity index (χ1v) is 18.8. The van der Waals surface area contributed by atoms with Gasteiger partial charge in [0.15, 0.2) is 0 Å². The van der Waals surface area contributed by atoms with Crippen LogP contribution in [0.2, 0.25) is 0 Å². The van der Waals surface area contributed by atoms with Crippen molar-refractivity contribution in [3.05, 3.63) is 76.9 Å². The summed E-state index contributed by atoms with van der Waals surface area (Å²) in [6, 6.07) is 12.9. The summed E-state index contributed by atoms with van der Waals surface area (Å²) in [5, 5.41) is 22.9. The molecule has 0 saturated heterocycles. The van der Waals surface area contributed by atoms with Gasteiger partial charge in [-0.1, -0.05) is 103 Å². The molecule has 0 unspecified atom stereocenters. The van der Waals surface area contributed by atoms with Crippen LogP contribution in [0.3, 0.4) is 0 Å². The van der Waals surface area contributed by atoms with Crippen molar-refractivity contribution in [2.45, 2.75) is 125 Å². The zero-order valence-electron chi connectivity index (χ0n) is 31.4. The topological polar surface area (TPSA) is 93.1 Å². The van der Waals surface area contributed by atoms with E-state index in [-0.39, 0.29) is 28.9 Å². The van der Waals surface area contributed by atoms with Crippen LogP contribution in [0.15, 0.2) is 49.0 Å². The number of phenols is 2. The monoisotopic (exact) mass is 682 g/mol. The maximum atomic E-state index is 13.7. The first-order chi connectivity index (χ1) is 23.8. The largest absolute Gasteiger partial charge is 0.508 e. The summed E-state index contributed by atoms with van der Waals surface area (Å²) in [6.45, 7) is 18.8. The van der Waals surface area contributed by atoms with Crippen LogP contribution < -0.4 is 9.47 Å². The lowest BCUT2D eigenvalue weighted by Gasteiger charge is -2.38. The molecular formula is C44H58O6. The summed E-state index contributed by atoms with van der Waals surface area (Å²) in [6.07, 6.45) is 10.4. The molecule has 1 saturated carbocycles. The van der Waals surface area contributed by atoms with E-state index in [1.54, 1.807) is 18.2 Å². The van der Waals surface area contributed by atoms with Crippen LogP contribution in [0, 0.1) is 24.7 Å². The highest BCUT2D eigenvalue weighted by molar-refractivity contribution is 6.31. The van der Waals surface area contributed by atoms with E-state index < -0.39 is 11.9 Å². The number of hydrogen-bond acceptors (Lipinski definition) is 6. The van der Waals surface area contributed by atoms with E-state index in [0.29, 0.717) is 40.9 Å². The normalized spacial score (nSPS) is 17.5. The number of allylic oxidation sites excluding steroid dienone is 1. The van der Waals surface area contributed by atoms with Gasteiger partial charge >= 0.3 is 11.9 Å². The summed E-state index contributed by atoms with van der Waals surface area (Å²) >= 11 is 0. The van der Waals surface area contributed by atoms with Gasteiger partial charge in [-0.05, 0) is 123 Å². The van der Waals surface area contributed by atoms with Crippen LogP contribution in [0.4, 0.5) is 0 Å². The molecule has 6 heteroatoms. The van der Waals surface area contributed by atoms with Gasteiger partial charge in [-0.25, -0.2) is 9.59 Å². The average molecular weight is 683 g/mol. The number of unbranched alkanes of at least 4 members (excludes halogenated alkanes) is 4. The average Bonchev–Trinajstić information content (AvgIpc) is 3.04. The second-order valence-corrected chi connectivity index (χ2v) is 15.0. The van der Waals surface area contributed by atoms with Crippen molar-refractivity contribution < 1.29 is 29.3 Å². The quantitative estimate of drug-likeness (QED) is 0.0761. The van der Waals surface area contributed by atoms with Gasteiger partial charge in [0.1, 0.15) is 23.0 Å². The lowest BCUT2D eigenvalue weighted by molar-refractivity contribution is -0.156. The number of carbonyl (C=O) groups is 2. The molecule has 0 bridgehead atoms. The van der Waals surface area contributed by atoms with Crippen LogP contribution in [0.5, 0.6) is 23.0 Å². The number of aromatic hydroxyl groups is 2. The second kappa shape index (κ2) is 17.7. The molecule has 4 rings (SSSR count). The molecule has 0 radical (unpaired) electrons. The zero-order chi connectivity index (χ0) is 36.5. The van der Waals surface area contributed by atoms with Gasteiger partial charge in [-0.3, -0.25) is 0 Å². The third-order valence-corrected chi connectivity index (χ3v) is 10.3. The number of phenolic OH excluding ortho intramolecular Hbond substituents is 2. The SMILES string of the molecule is C=C(C)c1ccc(C)cc1-c1c(O)cc(CCCCC)cc1OC(=O)C(=O)Oc1cc(CCCCC)cc(O)c1[C@@H]1C[C@H](C)CC[C@H]1C(C)C. The molecule has 3 aromatic carbocycles. The number of rotatable bonds is 14. The van der Waals surface area contributed by atoms with E-state index in [1.165, 1.54) is 0 Å². The highest BCUT2D eigenvalue weighted by Crippen LogP contribution is 2.50. The van der Waals surface area contributed by atoms with Crippen LogP contribution in [0.25, 0.3) is 16.7 Å². The molecule has 1 aliphatic carbocycles. The molecule has 6 nitrogen and oxygen atoms in total. The molecule has 1 aliphatic rings. The summed E-state index contributed by atoms with van der Waals surface area (Å²) in [5.41, 5.74) is 5.77. The van der Waals surface area contributed by atoms with E-state index in [2.05, 4.69) is 41.2 Å². The highest BCUT2D eigenvalue weighted by atomic mass is 16.6. The molecule has 3 atom stereocenters. The van der Waals surface area contributed by atoms with Gasteiger partial charge in [0.25, 0.3) is 0 Å². The van der Waals surface area contributed by atoms with E-state index in [9.17, 15) is 19.8 Å². The Morgan fingerprint density at radius 1 is 0.840 bits per heavy atom. The van der Waals surface area contributed by atoms with Crippen molar-refractivity contribution in [1.29, 1.82) is 0 Å². The van der Waals surface area contributed by atoms with Gasteiger partial charge in [0.2, 0.25) is 0 Å². The first-order valence-electron chi connectivity index (χ1n) is 18.8. The molecule has 0 amide bonds. The van der Waals surface area contributed by atoms with Crippen LogP contribution >= 0.6 is 0 Å². The van der Waals surface area contributed by atoms with E-state index in [1.807, 2.05) is 38.1 Å². The maximum Gasteiger partial charge on any atom is 0.423 e. The Balaban J connectivity index is 1.75. The number of esters is 2. The van der Waals surface area contributed by atoms with Crippen molar-refractivity contribution >= 4 is 17.5 Å². The van der Waals surface area contributed by atoms with Crippen LogP contribution in [0.1, 0.15) is 133 Å². The Kier molecular flexibility index (Phi) is 13.7. The predicted molar refractivity (Wildman–Crippen MR) is 203 cm³/mol. The molecule has 0 aromatic heterocycles. The van der Waals surface area contributed by atoms with Crippen molar-refractivity contribution in [3.63, 3.8) is 0 Å². The fourth-order valence-electron chi connectivity index (χ4n) is 7.63. The first kappa shape index (κ1) is 38.7. The Morgan fingerprint density at radius 3 is 2.00 bits per heavy atom. The van der Waals surface area contributed by atoms with Gasteiger partial charge in [0, 0.05) is 5.56 Å². The Hall–Kier alpha value is -4.06. The summed E-state index contributed by atoms with van der Waals surface area (Å²) in [5.74, 6) is -0.892. The molecule has 1 fully saturated rings. The van der Waals surface area contributed by atoms with E-state index in [4.69, 9.17) is 9.47 Å².